The van der Waals surface area contributed by atoms with Gasteiger partial charge in [-0.2, -0.15) is 0 Å². The van der Waals surface area contributed by atoms with Gasteiger partial charge in [0.15, 0.2) is 0 Å². The molecular weight excluding hydrogens is 408 g/mol. The van der Waals surface area contributed by atoms with Gasteiger partial charge in [-0.1, -0.05) is 107 Å². The molecule has 0 saturated heterocycles. The number of ether oxygens (including phenoxy) is 2. The van der Waals surface area contributed by atoms with Gasteiger partial charge in [-0.25, -0.2) is 4.79 Å². The van der Waals surface area contributed by atoms with Gasteiger partial charge in [-0.3, -0.25) is 0 Å². The number of unbranched alkanes of at least 4 members (excludes halogenated alkanes) is 9. The number of carbonyl (C=O) groups excluding carboxylic acids is 1. The summed E-state index contributed by atoms with van der Waals surface area (Å²) in [7, 11) is 0. The molecule has 0 aliphatic heterocycles. The van der Waals surface area contributed by atoms with Crippen LogP contribution in [0.3, 0.4) is 0 Å². The molecular formula is C27H33ClO3. The predicted molar refractivity (Wildman–Crippen MR) is 130 cm³/mol. The SMILES string of the molecule is CCCCCCCCCCCCOC(=O)Oc1c2ccccc2cc2ccc(Cl)cc12. The third-order valence-corrected chi connectivity index (χ3v) is 5.91. The summed E-state index contributed by atoms with van der Waals surface area (Å²) in [6, 6.07) is 15.5. The Labute approximate surface area is 190 Å². The fraction of sp³-hybridized carbons (Fsp3) is 0.444. The van der Waals surface area contributed by atoms with Gasteiger partial charge >= 0.3 is 6.16 Å². The molecule has 0 saturated carbocycles. The average molecular weight is 441 g/mol. The van der Waals surface area contributed by atoms with Crippen molar-refractivity contribution in [3.05, 3.63) is 53.6 Å². The zero-order valence-electron chi connectivity index (χ0n) is 18.5. The summed E-state index contributed by atoms with van der Waals surface area (Å²) in [5, 5.41) is 4.26. The van der Waals surface area contributed by atoms with E-state index in [-0.39, 0.29) is 0 Å². The number of carbonyl (C=O) groups is 1. The van der Waals surface area contributed by atoms with Gasteiger partial charge in [0.1, 0.15) is 5.75 Å². The Morgan fingerprint density at radius 3 is 2.16 bits per heavy atom. The van der Waals surface area contributed by atoms with Gasteiger partial charge < -0.3 is 9.47 Å². The maximum Gasteiger partial charge on any atom is 0.513 e. The van der Waals surface area contributed by atoms with E-state index < -0.39 is 6.16 Å². The first-order chi connectivity index (χ1) is 15.2. The Balaban J connectivity index is 1.47. The molecule has 166 valence electrons. The van der Waals surface area contributed by atoms with E-state index in [0.717, 1.165) is 34.4 Å². The monoisotopic (exact) mass is 440 g/mol. The molecule has 0 heterocycles. The number of fused-ring (bicyclic) bond motifs is 2. The third kappa shape index (κ3) is 7.14. The van der Waals surface area contributed by atoms with Crippen molar-refractivity contribution in [3.8, 4) is 5.75 Å². The van der Waals surface area contributed by atoms with E-state index in [1.807, 2.05) is 42.5 Å². The summed E-state index contributed by atoms with van der Waals surface area (Å²) in [5.41, 5.74) is 0. The highest BCUT2D eigenvalue weighted by molar-refractivity contribution is 6.31. The van der Waals surface area contributed by atoms with Crippen molar-refractivity contribution in [2.75, 3.05) is 6.61 Å². The van der Waals surface area contributed by atoms with Crippen LogP contribution in [0.4, 0.5) is 4.79 Å². The molecule has 0 radical (unpaired) electrons. The largest absolute Gasteiger partial charge is 0.513 e. The van der Waals surface area contributed by atoms with Gasteiger partial charge in [0.25, 0.3) is 0 Å². The summed E-state index contributed by atoms with van der Waals surface area (Å²) < 4.78 is 11.0. The Morgan fingerprint density at radius 1 is 0.774 bits per heavy atom. The Bertz CT molecular complexity index is 983. The zero-order valence-corrected chi connectivity index (χ0v) is 19.3. The first-order valence-electron chi connectivity index (χ1n) is 11.6. The minimum atomic E-state index is -0.659. The van der Waals surface area contributed by atoms with Crippen molar-refractivity contribution in [1.82, 2.24) is 0 Å². The molecule has 0 aliphatic rings. The zero-order chi connectivity index (χ0) is 21.9. The lowest BCUT2D eigenvalue weighted by Crippen LogP contribution is -2.12. The molecule has 3 nitrogen and oxygen atoms in total. The lowest BCUT2D eigenvalue weighted by Gasteiger charge is -2.12. The van der Waals surface area contributed by atoms with E-state index in [2.05, 4.69) is 13.0 Å². The minimum Gasteiger partial charge on any atom is -0.434 e. The van der Waals surface area contributed by atoms with Gasteiger partial charge in [0.05, 0.1) is 6.61 Å². The van der Waals surface area contributed by atoms with Crippen molar-refractivity contribution in [1.29, 1.82) is 0 Å². The second-order valence-electron chi connectivity index (χ2n) is 8.17. The van der Waals surface area contributed by atoms with Crippen LogP contribution in [0.15, 0.2) is 48.5 Å². The molecule has 0 atom stereocenters. The number of halogens is 1. The van der Waals surface area contributed by atoms with Crippen LogP contribution >= 0.6 is 11.6 Å². The van der Waals surface area contributed by atoms with E-state index >= 15 is 0 Å². The first-order valence-corrected chi connectivity index (χ1v) is 12.0. The summed E-state index contributed by atoms with van der Waals surface area (Å²) in [5.74, 6) is 0.503. The van der Waals surface area contributed by atoms with Gasteiger partial charge in [-0.15, -0.1) is 0 Å². The standard InChI is InChI=1S/C27H33ClO3/c1-2-3-4-5-6-7-8-9-10-13-18-30-27(29)31-26-24-15-12-11-14-21(24)19-22-16-17-23(28)20-25(22)26/h11-12,14-17,19-20H,2-10,13,18H2,1H3. The first kappa shape index (κ1) is 23.4. The second-order valence-corrected chi connectivity index (χ2v) is 8.61. The molecule has 0 aromatic heterocycles. The second kappa shape index (κ2) is 12.6. The number of benzene rings is 3. The van der Waals surface area contributed by atoms with Gasteiger partial charge in [0.2, 0.25) is 0 Å². The summed E-state index contributed by atoms with van der Waals surface area (Å²) in [6.07, 6.45) is 11.8. The van der Waals surface area contributed by atoms with E-state index in [1.165, 1.54) is 51.4 Å². The maximum atomic E-state index is 12.4. The van der Waals surface area contributed by atoms with Crippen LogP contribution in [0.5, 0.6) is 5.75 Å². The number of rotatable bonds is 12. The molecule has 3 aromatic rings. The molecule has 0 spiro atoms. The Morgan fingerprint density at radius 2 is 1.42 bits per heavy atom. The van der Waals surface area contributed by atoms with Crippen molar-refractivity contribution >= 4 is 39.3 Å². The fourth-order valence-corrected chi connectivity index (χ4v) is 4.13. The van der Waals surface area contributed by atoms with Crippen LogP contribution in [-0.4, -0.2) is 12.8 Å². The van der Waals surface area contributed by atoms with Crippen molar-refractivity contribution in [2.45, 2.75) is 71.1 Å². The molecule has 0 fully saturated rings. The molecule has 0 unspecified atom stereocenters. The summed E-state index contributed by atoms with van der Waals surface area (Å²) in [4.78, 5) is 12.4. The van der Waals surface area contributed by atoms with Crippen LogP contribution in [0, 0.1) is 0 Å². The Hall–Kier alpha value is -2.26. The highest BCUT2D eigenvalue weighted by atomic mass is 35.5. The van der Waals surface area contributed by atoms with Crippen molar-refractivity contribution in [3.63, 3.8) is 0 Å². The lowest BCUT2D eigenvalue weighted by molar-refractivity contribution is 0.0982. The topological polar surface area (TPSA) is 35.5 Å². The molecule has 0 bridgehead atoms. The normalized spacial score (nSPS) is 11.2. The van der Waals surface area contributed by atoms with Crippen LogP contribution in [0.1, 0.15) is 71.1 Å². The average Bonchev–Trinajstić information content (AvgIpc) is 2.77. The predicted octanol–water partition coefficient (Wildman–Crippen LogP) is 9.08. The van der Waals surface area contributed by atoms with Crippen molar-refractivity contribution in [2.24, 2.45) is 0 Å². The van der Waals surface area contributed by atoms with E-state index in [4.69, 9.17) is 21.1 Å². The molecule has 0 N–H and O–H groups in total. The Kier molecular flexibility index (Phi) is 9.48. The van der Waals surface area contributed by atoms with E-state index in [9.17, 15) is 4.79 Å². The fourth-order valence-electron chi connectivity index (χ4n) is 3.96. The smallest absolute Gasteiger partial charge is 0.434 e. The van der Waals surface area contributed by atoms with Crippen LogP contribution in [0.2, 0.25) is 5.02 Å². The summed E-state index contributed by atoms with van der Waals surface area (Å²) >= 11 is 6.19. The van der Waals surface area contributed by atoms with Gasteiger partial charge in [0, 0.05) is 15.8 Å². The summed E-state index contributed by atoms with van der Waals surface area (Å²) in [6.45, 7) is 2.64. The molecule has 3 aromatic carbocycles. The van der Waals surface area contributed by atoms with Crippen LogP contribution in [-0.2, 0) is 4.74 Å². The number of hydrogen-bond acceptors (Lipinski definition) is 3. The van der Waals surface area contributed by atoms with Crippen LogP contribution < -0.4 is 4.74 Å². The molecule has 0 amide bonds. The number of hydrogen-bond donors (Lipinski definition) is 0. The molecule has 4 heteroatoms. The third-order valence-electron chi connectivity index (χ3n) is 5.68. The highest BCUT2D eigenvalue weighted by Crippen LogP contribution is 2.36. The minimum absolute atomic E-state index is 0.388. The van der Waals surface area contributed by atoms with Crippen LogP contribution in [0.25, 0.3) is 21.5 Å². The maximum absolute atomic E-state index is 12.4. The quantitative estimate of drug-likeness (QED) is 0.122. The molecule has 31 heavy (non-hydrogen) atoms. The highest BCUT2D eigenvalue weighted by Gasteiger charge is 2.14. The van der Waals surface area contributed by atoms with Crippen molar-refractivity contribution < 1.29 is 14.3 Å². The lowest BCUT2D eigenvalue weighted by atomic mass is 10.0. The van der Waals surface area contributed by atoms with E-state index in [1.54, 1.807) is 0 Å². The van der Waals surface area contributed by atoms with E-state index in [0.29, 0.717) is 17.4 Å². The molecule has 0 aliphatic carbocycles. The van der Waals surface area contributed by atoms with Gasteiger partial charge in [-0.05, 0) is 35.4 Å². The molecule has 3 rings (SSSR count).